The van der Waals surface area contributed by atoms with Crippen LogP contribution in [-0.2, 0) is 10.0 Å². The Morgan fingerprint density at radius 1 is 1.04 bits per heavy atom. The van der Waals surface area contributed by atoms with Crippen LogP contribution in [0.3, 0.4) is 0 Å². The molecular formula is C19H18ClN3O3S2. The summed E-state index contributed by atoms with van der Waals surface area (Å²) in [5.41, 5.74) is 0.440. The van der Waals surface area contributed by atoms with Gasteiger partial charge in [0.15, 0.2) is 5.13 Å². The van der Waals surface area contributed by atoms with Gasteiger partial charge in [-0.15, -0.1) is 0 Å². The molecule has 0 spiro atoms. The van der Waals surface area contributed by atoms with E-state index in [0.717, 1.165) is 0 Å². The van der Waals surface area contributed by atoms with Gasteiger partial charge in [-0.2, -0.15) is 0 Å². The van der Waals surface area contributed by atoms with Gasteiger partial charge in [0.2, 0.25) is 15.8 Å². The molecule has 0 saturated carbocycles. The minimum atomic E-state index is -3.50. The summed E-state index contributed by atoms with van der Waals surface area (Å²) in [5.74, 6) is -0.174. The summed E-state index contributed by atoms with van der Waals surface area (Å²) < 4.78 is 26.8. The van der Waals surface area contributed by atoms with E-state index in [1.54, 1.807) is 54.6 Å². The van der Waals surface area contributed by atoms with Crippen molar-refractivity contribution < 1.29 is 13.2 Å². The molecular weight excluding hydrogens is 418 g/mol. The van der Waals surface area contributed by atoms with Gasteiger partial charge in [-0.25, -0.2) is 18.1 Å². The van der Waals surface area contributed by atoms with Crippen LogP contribution in [0, 0.1) is 0 Å². The fraction of sp³-hybridized carbons (Fsp3) is 0.158. The monoisotopic (exact) mass is 435 g/mol. The predicted octanol–water partition coefficient (Wildman–Crippen LogP) is 3.81. The average Bonchev–Trinajstić information content (AvgIpc) is 3.17. The van der Waals surface area contributed by atoms with Crippen LogP contribution in [0.1, 0.15) is 21.7 Å². The van der Waals surface area contributed by atoms with E-state index >= 15 is 0 Å². The molecule has 2 N–H and O–H groups in total. The summed E-state index contributed by atoms with van der Waals surface area (Å²) in [4.78, 5) is 17.4. The maximum atomic E-state index is 12.5. The summed E-state index contributed by atoms with van der Waals surface area (Å²) in [6, 6.07) is 15.1. The summed E-state index contributed by atoms with van der Waals surface area (Å²) in [6.07, 6.45) is 2.08. The number of benzene rings is 2. The number of rotatable bonds is 9. The number of nitrogens with zero attached hydrogens (tertiary/aromatic N) is 1. The molecule has 2 aromatic carbocycles. The van der Waals surface area contributed by atoms with E-state index in [2.05, 4.69) is 15.0 Å². The van der Waals surface area contributed by atoms with Crippen LogP contribution in [0.25, 0.3) is 0 Å². The number of hydrogen-bond acceptors (Lipinski definition) is 6. The van der Waals surface area contributed by atoms with Gasteiger partial charge in [0, 0.05) is 18.7 Å². The molecule has 3 aromatic rings. The van der Waals surface area contributed by atoms with Crippen LogP contribution < -0.4 is 10.0 Å². The topological polar surface area (TPSA) is 88.2 Å². The SMILES string of the molecule is O=C(c1cnc(NCCCNS(=O)(=O)c2ccccc2)s1)c1ccccc1Cl. The molecule has 28 heavy (non-hydrogen) atoms. The molecule has 0 saturated heterocycles. The number of sulfonamides is 1. The summed E-state index contributed by atoms with van der Waals surface area (Å²) in [6.45, 7) is 0.811. The van der Waals surface area contributed by atoms with Crippen LogP contribution in [0.15, 0.2) is 65.7 Å². The molecule has 1 heterocycles. The van der Waals surface area contributed by atoms with Crippen molar-refractivity contribution in [1.82, 2.24) is 9.71 Å². The van der Waals surface area contributed by atoms with Gasteiger partial charge in [-0.1, -0.05) is 53.3 Å². The molecule has 9 heteroatoms. The molecule has 0 aliphatic heterocycles. The molecule has 0 bridgehead atoms. The summed E-state index contributed by atoms with van der Waals surface area (Å²) in [5, 5.41) is 4.10. The Balaban J connectivity index is 1.48. The van der Waals surface area contributed by atoms with Crippen molar-refractivity contribution in [2.45, 2.75) is 11.3 Å². The van der Waals surface area contributed by atoms with E-state index in [0.29, 0.717) is 40.1 Å². The van der Waals surface area contributed by atoms with Gasteiger partial charge >= 0.3 is 0 Å². The largest absolute Gasteiger partial charge is 0.361 e. The highest BCUT2D eigenvalue weighted by Gasteiger charge is 2.16. The highest BCUT2D eigenvalue weighted by atomic mass is 35.5. The first-order valence-electron chi connectivity index (χ1n) is 8.51. The molecule has 3 rings (SSSR count). The molecule has 1 aromatic heterocycles. The third-order valence-electron chi connectivity index (χ3n) is 3.82. The summed E-state index contributed by atoms with van der Waals surface area (Å²) in [7, 11) is -3.50. The zero-order valence-electron chi connectivity index (χ0n) is 14.8. The van der Waals surface area contributed by atoms with E-state index in [1.165, 1.54) is 17.5 Å². The zero-order chi connectivity index (χ0) is 20.0. The maximum Gasteiger partial charge on any atom is 0.240 e. The van der Waals surface area contributed by atoms with Crippen LogP contribution in [0.4, 0.5) is 5.13 Å². The normalized spacial score (nSPS) is 11.3. The van der Waals surface area contributed by atoms with Crippen molar-refractivity contribution in [2.24, 2.45) is 0 Å². The van der Waals surface area contributed by atoms with Crippen molar-refractivity contribution in [1.29, 1.82) is 0 Å². The van der Waals surface area contributed by atoms with Crippen molar-refractivity contribution in [3.63, 3.8) is 0 Å². The third kappa shape index (κ3) is 5.17. The van der Waals surface area contributed by atoms with E-state index in [9.17, 15) is 13.2 Å². The van der Waals surface area contributed by atoms with E-state index in [1.807, 2.05) is 0 Å². The molecule has 0 radical (unpaired) electrons. The Kier molecular flexibility index (Phi) is 6.79. The molecule has 0 fully saturated rings. The number of nitrogens with one attached hydrogen (secondary N) is 2. The highest BCUT2D eigenvalue weighted by Crippen LogP contribution is 2.24. The van der Waals surface area contributed by atoms with Gasteiger partial charge in [-0.05, 0) is 30.7 Å². The first-order valence-corrected chi connectivity index (χ1v) is 11.2. The predicted molar refractivity (Wildman–Crippen MR) is 112 cm³/mol. The lowest BCUT2D eigenvalue weighted by Crippen LogP contribution is -2.26. The van der Waals surface area contributed by atoms with Gasteiger partial charge in [0.25, 0.3) is 0 Å². The smallest absolute Gasteiger partial charge is 0.240 e. The molecule has 0 amide bonds. The second-order valence-electron chi connectivity index (χ2n) is 5.83. The molecule has 146 valence electrons. The number of aromatic nitrogens is 1. The first-order chi connectivity index (χ1) is 13.5. The number of thiazole rings is 1. The van der Waals surface area contributed by atoms with Crippen LogP contribution in [0.2, 0.25) is 5.02 Å². The average molecular weight is 436 g/mol. The number of carbonyl (C=O) groups is 1. The quantitative estimate of drug-likeness (QED) is 0.394. The minimum Gasteiger partial charge on any atom is -0.361 e. The maximum absolute atomic E-state index is 12.5. The lowest BCUT2D eigenvalue weighted by molar-refractivity contribution is 0.104. The molecule has 0 atom stereocenters. The van der Waals surface area contributed by atoms with Crippen LogP contribution >= 0.6 is 22.9 Å². The van der Waals surface area contributed by atoms with Gasteiger partial charge < -0.3 is 5.32 Å². The van der Waals surface area contributed by atoms with Gasteiger partial charge in [0.1, 0.15) is 0 Å². The molecule has 6 nitrogen and oxygen atoms in total. The Morgan fingerprint density at radius 3 is 2.50 bits per heavy atom. The molecule has 0 aliphatic carbocycles. The Bertz CT molecular complexity index is 1050. The number of ketones is 1. The van der Waals surface area contributed by atoms with E-state index < -0.39 is 10.0 Å². The number of halogens is 1. The number of hydrogen-bond donors (Lipinski definition) is 2. The zero-order valence-corrected chi connectivity index (χ0v) is 17.2. The highest BCUT2D eigenvalue weighted by molar-refractivity contribution is 7.89. The second-order valence-corrected chi connectivity index (χ2v) is 9.03. The first kappa shape index (κ1) is 20.5. The second kappa shape index (κ2) is 9.29. The Morgan fingerprint density at radius 2 is 1.75 bits per heavy atom. The Labute approximate surface area is 172 Å². The van der Waals surface area contributed by atoms with Crippen molar-refractivity contribution in [3.05, 3.63) is 76.3 Å². The fourth-order valence-electron chi connectivity index (χ4n) is 2.41. The lowest BCUT2D eigenvalue weighted by Gasteiger charge is -2.07. The van der Waals surface area contributed by atoms with E-state index in [-0.39, 0.29) is 10.7 Å². The minimum absolute atomic E-state index is 0.174. The number of carbonyl (C=O) groups excluding carboxylic acids is 1. The van der Waals surface area contributed by atoms with Crippen molar-refractivity contribution in [3.8, 4) is 0 Å². The fourth-order valence-corrected chi connectivity index (χ4v) is 4.52. The molecule has 0 unspecified atom stereocenters. The van der Waals surface area contributed by atoms with Gasteiger partial charge in [0.05, 0.1) is 21.0 Å². The lowest BCUT2D eigenvalue weighted by atomic mass is 10.1. The van der Waals surface area contributed by atoms with Gasteiger partial charge in [-0.3, -0.25) is 4.79 Å². The van der Waals surface area contributed by atoms with Crippen LogP contribution in [-0.4, -0.2) is 32.3 Å². The third-order valence-corrected chi connectivity index (χ3v) is 6.58. The van der Waals surface area contributed by atoms with E-state index in [4.69, 9.17) is 11.6 Å². The Hall–Kier alpha value is -2.26. The van der Waals surface area contributed by atoms with Crippen molar-refractivity contribution in [2.75, 3.05) is 18.4 Å². The molecule has 0 aliphatic rings. The number of anilines is 1. The standard InChI is InChI=1S/C19H18ClN3O3S2/c20-16-10-5-4-9-15(16)18(24)17-13-22-19(27-17)21-11-6-12-23-28(25,26)14-7-2-1-3-8-14/h1-5,7-10,13,23H,6,11-12H2,(H,21,22). The van der Waals surface area contributed by atoms with Crippen LogP contribution in [0.5, 0.6) is 0 Å². The summed E-state index contributed by atoms with van der Waals surface area (Å²) >= 11 is 7.30. The van der Waals surface area contributed by atoms with Crippen molar-refractivity contribution >= 4 is 43.9 Å².